The minimum absolute atomic E-state index is 0.0811. The van der Waals surface area contributed by atoms with Gasteiger partial charge < -0.3 is 10.5 Å². The van der Waals surface area contributed by atoms with Gasteiger partial charge in [-0.2, -0.15) is 0 Å². The Morgan fingerprint density at radius 3 is 2.70 bits per heavy atom. The van der Waals surface area contributed by atoms with E-state index in [0.29, 0.717) is 11.1 Å². The average Bonchev–Trinajstić information content (AvgIpc) is 2.37. The van der Waals surface area contributed by atoms with E-state index in [0.717, 1.165) is 0 Å². The number of nitrogens with one attached hydrogen (secondary N) is 1. The molecule has 0 aromatic heterocycles. The third-order valence-corrected chi connectivity index (χ3v) is 4.56. The third-order valence-electron chi connectivity index (χ3n) is 2.52. The van der Waals surface area contributed by atoms with Crippen molar-refractivity contribution in [1.82, 2.24) is 4.72 Å². The summed E-state index contributed by atoms with van der Waals surface area (Å²) in [6, 6.07) is 2.21. The standard InChI is InChI=1S/C12H18BrFN2O3S/c1-3-19-7-8(2)16-20(17,18)11-5-10(13)4-9(6-15)12(11)14/h4-5,8,16H,3,6-7,15H2,1-2H3. The van der Waals surface area contributed by atoms with E-state index in [4.69, 9.17) is 10.5 Å². The molecule has 0 amide bonds. The second kappa shape index (κ2) is 7.46. The second-order valence-corrected chi connectivity index (χ2v) is 6.86. The molecule has 1 aromatic rings. The first-order chi connectivity index (χ1) is 9.31. The Kier molecular flexibility index (Phi) is 6.53. The lowest BCUT2D eigenvalue weighted by Gasteiger charge is -2.15. The molecular formula is C12H18BrFN2O3S. The molecule has 20 heavy (non-hydrogen) atoms. The largest absolute Gasteiger partial charge is 0.380 e. The molecule has 1 atom stereocenters. The van der Waals surface area contributed by atoms with Gasteiger partial charge in [-0.1, -0.05) is 15.9 Å². The number of hydrogen-bond acceptors (Lipinski definition) is 4. The molecule has 114 valence electrons. The van der Waals surface area contributed by atoms with Crippen LogP contribution >= 0.6 is 15.9 Å². The van der Waals surface area contributed by atoms with Crippen molar-refractivity contribution in [2.45, 2.75) is 31.3 Å². The molecule has 0 aliphatic carbocycles. The smallest absolute Gasteiger partial charge is 0.243 e. The Morgan fingerprint density at radius 1 is 1.50 bits per heavy atom. The van der Waals surface area contributed by atoms with Gasteiger partial charge in [0.05, 0.1) is 6.61 Å². The van der Waals surface area contributed by atoms with Crippen LogP contribution in [0.3, 0.4) is 0 Å². The van der Waals surface area contributed by atoms with Crippen LogP contribution in [0.4, 0.5) is 4.39 Å². The first-order valence-electron chi connectivity index (χ1n) is 6.09. The number of rotatable bonds is 7. The van der Waals surface area contributed by atoms with E-state index < -0.39 is 26.8 Å². The van der Waals surface area contributed by atoms with Gasteiger partial charge in [-0.15, -0.1) is 0 Å². The van der Waals surface area contributed by atoms with Crippen molar-refractivity contribution in [1.29, 1.82) is 0 Å². The maximum Gasteiger partial charge on any atom is 0.243 e. The minimum atomic E-state index is -3.97. The second-order valence-electron chi connectivity index (χ2n) is 4.26. The van der Waals surface area contributed by atoms with Crippen molar-refractivity contribution in [2.75, 3.05) is 13.2 Å². The highest BCUT2D eigenvalue weighted by Gasteiger charge is 2.23. The zero-order valence-electron chi connectivity index (χ0n) is 11.3. The van der Waals surface area contributed by atoms with Crippen LogP contribution in [0.25, 0.3) is 0 Å². The van der Waals surface area contributed by atoms with Crippen molar-refractivity contribution in [3.63, 3.8) is 0 Å². The number of sulfonamides is 1. The molecule has 0 fully saturated rings. The molecule has 1 aromatic carbocycles. The topological polar surface area (TPSA) is 81.4 Å². The average molecular weight is 369 g/mol. The third kappa shape index (κ3) is 4.49. The molecule has 0 saturated carbocycles. The summed E-state index contributed by atoms with van der Waals surface area (Å²) in [4.78, 5) is -0.421. The van der Waals surface area contributed by atoms with Crippen molar-refractivity contribution < 1.29 is 17.5 Å². The van der Waals surface area contributed by atoms with Gasteiger partial charge in [0.15, 0.2) is 0 Å². The monoisotopic (exact) mass is 368 g/mol. The van der Waals surface area contributed by atoms with E-state index >= 15 is 0 Å². The van der Waals surface area contributed by atoms with E-state index in [1.54, 1.807) is 6.92 Å². The maximum atomic E-state index is 14.1. The molecule has 8 heteroatoms. The molecule has 1 unspecified atom stereocenters. The highest BCUT2D eigenvalue weighted by atomic mass is 79.9. The molecule has 0 heterocycles. The fourth-order valence-electron chi connectivity index (χ4n) is 1.62. The summed E-state index contributed by atoms with van der Waals surface area (Å²) in [6.45, 7) is 4.07. The van der Waals surface area contributed by atoms with Crippen molar-refractivity contribution in [3.8, 4) is 0 Å². The van der Waals surface area contributed by atoms with E-state index in [9.17, 15) is 12.8 Å². The molecule has 5 nitrogen and oxygen atoms in total. The first kappa shape index (κ1) is 17.5. The fourth-order valence-corrected chi connectivity index (χ4v) is 3.65. The van der Waals surface area contributed by atoms with Crippen molar-refractivity contribution in [2.24, 2.45) is 5.73 Å². The summed E-state index contributed by atoms with van der Waals surface area (Å²) >= 11 is 3.15. The van der Waals surface area contributed by atoms with E-state index in [2.05, 4.69) is 20.7 Å². The van der Waals surface area contributed by atoms with Gasteiger partial charge in [-0.3, -0.25) is 0 Å². The van der Waals surface area contributed by atoms with Gasteiger partial charge in [-0.25, -0.2) is 17.5 Å². The van der Waals surface area contributed by atoms with Crippen LogP contribution in [-0.4, -0.2) is 27.7 Å². The Bertz CT molecular complexity index is 566. The first-order valence-corrected chi connectivity index (χ1v) is 8.37. The molecule has 0 radical (unpaired) electrons. The van der Waals surface area contributed by atoms with E-state index in [1.807, 2.05) is 6.92 Å². The molecule has 0 saturated heterocycles. The summed E-state index contributed by atoms with van der Waals surface area (Å²) in [5.74, 6) is -0.827. The van der Waals surface area contributed by atoms with Gasteiger partial charge in [0.1, 0.15) is 10.7 Å². The lowest BCUT2D eigenvalue weighted by Crippen LogP contribution is -2.36. The van der Waals surface area contributed by atoms with Crippen molar-refractivity contribution in [3.05, 3.63) is 28.0 Å². The van der Waals surface area contributed by atoms with Gasteiger partial charge >= 0.3 is 0 Å². The molecule has 3 N–H and O–H groups in total. The number of nitrogens with two attached hydrogens (primary N) is 1. The fraction of sp³-hybridized carbons (Fsp3) is 0.500. The van der Waals surface area contributed by atoms with Crippen LogP contribution in [0.15, 0.2) is 21.5 Å². The number of benzene rings is 1. The zero-order valence-corrected chi connectivity index (χ0v) is 13.7. The summed E-state index contributed by atoms with van der Waals surface area (Å²) in [7, 11) is -3.97. The summed E-state index contributed by atoms with van der Waals surface area (Å²) in [5.41, 5.74) is 5.54. The van der Waals surface area contributed by atoms with Gasteiger partial charge in [0.25, 0.3) is 0 Å². The summed E-state index contributed by atoms with van der Waals surface area (Å²) in [5, 5.41) is 0. The molecule has 0 spiro atoms. The maximum absolute atomic E-state index is 14.1. The molecule has 0 bridgehead atoms. The molecule has 0 aliphatic rings. The van der Waals surface area contributed by atoms with Crippen LogP contribution in [-0.2, 0) is 21.3 Å². The predicted molar refractivity (Wildman–Crippen MR) is 78.3 cm³/mol. The normalized spacial score (nSPS) is 13.4. The predicted octanol–water partition coefficient (Wildman–Crippen LogP) is 1.75. The van der Waals surface area contributed by atoms with Crippen LogP contribution < -0.4 is 10.5 Å². The van der Waals surface area contributed by atoms with Crippen LogP contribution in [0.5, 0.6) is 0 Å². The van der Waals surface area contributed by atoms with Crippen molar-refractivity contribution >= 4 is 26.0 Å². The summed E-state index contributed by atoms with van der Waals surface area (Å²) < 4.78 is 46.4. The van der Waals surface area contributed by atoms with Crippen LogP contribution in [0, 0.1) is 5.82 Å². The number of ether oxygens (including phenoxy) is 1. The molecular weight excluding hydrogens is 351 g/mol. The zero-order chi connectivity index (χ0) is 15.3. The van der Waals surface area contributed by atoms with E-state index in [1.165, 1.54) is 12.1 Å². The van der Waals surface area contributed by atoms with Crippen LogP contribution in [0.2, 0.25) is 0 Å². The lowest BCUT2D eigenvalue weighted by atomic mass is 10.2. The highest BCUT2D eigenvalue weighted by Crippen LogP contribution is 2.24. The number of halogens is 2. The highest BCUT2D eigenvalue weighted by molar-refractivity contribution is 9.10. The lowest BCUT2D eigenvalue weighted by molar-refractivity contribution is 0.133. The quantitative estimate of drug-likeness (QED) is 0.767. The van der Waals surface area contributed by atoms with Crippen LogP contribution in [0.1, 0.15) is 19.4 Å². The summed E-state index contributed by atoms with van der Waals surface area (Å²) in [6.07, 6.45) is 0. The Morgan fingerprint density at radius 2 is 2.15 bits per heavy atom. The molecule has 1 rings (SSSR count). The number of hydrogen-bond donors (Lipinski definition) is 2. The van der Waals surface area contributed by atoms with Gasteiger partial charge in [-0.05, 0) is 26.0 Å². The van der Waals surface area contributed by atoms with Gasteiger partial charge in [0.2, 0.25) is 10.0 Å². The van der Waals surface area contributed by atoms with E-state index in [-0.39, 0.29) is 18.7 Å². The molecule has 0 aliphatic heterocycles. The Hall–Kier alpha value is -0.540. The van der Waals surface area contributed by atoms with Gasteiger partial charge in [0, 0.05) is 29.2 Å². The Balaban J connectivity index is 3.06. The minimum Gasteiger partial charge on any atom is -0.380 e. The Labute approximate surface area is 126 Å². The SMILES string of the molecule is CCOCC(C)NS(=O)(=O)c1cc(Br)cc(CN)c1F.